The molecule has 1 aromatic heterocycles. The maximum Gasteiger partial charge on any atom is 0.169 e. The Bertz CT molecular complexity index is 760. The van der Waals surface area contributed by atoms with Crippen molar-refractivity contribution in [2.45, 2.75) is 6.54 Å². The Labute approximate surface area is 135 Å². The van der Waals surface area contributed by atoms with Gasteiger partial charge in [-0.15, -0.1) is 0 Å². The second-order valence-corrected chi connectivity index (χ2v) is 5.00. The third-order valence-electron chi connectivity index (χ3n) is 3.35. The van der Waals surface area contributed by atoms with E-state index in [0.29, 0.717) is 18.0 Å². The van der Waals surface area contributed by atoms with E-state index in [1.165, 1.54) is 0 Å². The standard InChI is InChI=1S/C19H18N2O2/c1-22-18-9-2-3-10-19(18)23-17-8-4-7-16(12-17)21-14-15-6-5-11-20-13-15/h2-13,21H,14H2,1H3. The van der Waals surface area contributed by atoms with E-state index < -0.39 is 0 Å². The van der Waals surface area contributed by atoms with Gasteiger partial charge in [-0.25, -0.2) is 0 Å². The predicted octanol–water partition coefficient (Wildman–Crippen LogP) is 4.49. The number of hydrogen-bond donors (Lipinski definition) is 1. The number of pyridine rings is 1. The Morgan fingerprint density at radius 3 is 2.61 bits per heavy atom. The van der Waals surface area contributed by atoms with Crippen molar-refractivity contribution >= 4 is 5.69 Å². The maximum absolute atomic E-state index is 5.92. The van der Waals surface area contributed by atoms with Crippen LogP contribution in [0.4, 0.5) is 5.69 Å². The zero-order valence-corrected chi connectivity index (χ0v) is 12.9. The molecule has 0 saturated carbocycles. The van der Waals surface area contributed by atoms with Crippen molar-refractivity contribution in [1.82, 2.24) is 4.98 Å². The minimum atomic E-state index is 0.694. The minimum absolute atomic E-state index is 0.694. The quantitative estimate of drug-likeness (QED) is 0.728. The summed E-state index contributed by atoms with van der Waals surface area (Å²) < 4.78 is 11.2. The van der Waals surface area contributed by atoms with Crippen LogP contribution in [0.15, 0.2) is 73.1 Å². The number of para-hydroxylation sites is 2. The number of hydrogen-bond acceptors (Lipinski definition) is 4. The van der Waals surface area contributed by atoms with Gasteiger partial charge in [-0.3, -0.25) is 4.98 Å². The van der Waals surface area contributed by atoms with Gasteiger partial charge in [-0.05, 0) is 35.9 Å². The fourth-order valence-electron chi connectivity index (χ4n) is 2.21. The number of nitrogens with one attached hydrogen (secondary N) is 1. The van der Waals surface area contributed by atoms with Gasteiger partial charge in [0.1, 0.15) is 5.75 Å². The van der Waals surface area contributed by atoms with E-state index >= 15 is 0 Å². The molecule has 0 atom stereocenters. The van der Waals surface area contributed by atoms with Crippen molar-refractivity contribution < 1.29 is 9.47 Å². The zero-order valence-electron chi connectivity index (χ0n) is 12.9. The Kier molecular flexibility index (Phi) is 4.74. The number of aromatic nitrogens is 1. The molecule has 116 valence electrons. The van der Waals surface area contributed by atoms with Crippen LogP contribution in [0.2, 0.25) is 0 Å². The van der Waals surface area contributed by atoms with Crippen molar-refractivity contribution in [2.75, 3.05) is 12.4 Å². The van der Waals surface area contributed by atoms with Crippen LogP contribution in [0.3, 0.4) is 0 Å². The fraction of sp³-hybridized carbons (Fsp3) is 0.105. The van der Waals surface area contributed by atoms with Gasteiger partial charge in [-0.1, -0.05) is 24.3 Å². The average molecular weight is 306 g/mol. The first-order valence-electron chi connectivity index (χ1n) is 7.39. The van der Waals surface area contributed by atoms with Crippen LogP contribution in [0, 0.1) is 0 Å². The predicted molar refractivity (Wildman–Crippen MR) is 91.1 cm³/mol. The topological polar surface area (TPSA) is 43.4 Å². The summed E-state index contributed by atoms with van der Waals surface area (Å²) in [5.74, 6) is 2.16. The Morgan fingerprint density at radius 1 is 0.957 bits per heavy atom. The summed E-state index contributed by atoms with van der Waals surface area (Å²) in [6.07, 6.45) is 3.62. The van der Waals surface area contributed by atoms with Gasteiger partial charge in [0.15, 0.2) is 11.5 Å². The maximum atomic E-state index is 5.92. The van der Waals surface area contributed by atoms with Crippen LogP contribution in [0.1, 0.15) is 5.56 Å². The number of nitrogens with zero attached hydrogens (tertiary/aromatic N) is 1. The molecule has 1 N–H and O–H groups in total. The molecule has 0 radical (unpaired) electrons. The van der Waals surface area contributed by atoms with Gasteiger partial charge in [0.2, 0.25) is 0 Å². The van der Waals surface area contributed by atoms with E-state index in [4.69, 9.17) is 9.47 Å². The molecule has 3 aromatic rings. The Hall–Kier alpha value is -3.01. The zero-order chi connectivity index (χ0) is 15.9. The first-order chi connectivity index (χ1) is 11.3. The molecule has 0 amide bonds. The minimum Gasteiger partial charge on any atom is -0.493 e. The lowest BCUT2D eigenvalue weighted by Gasteiger charge is -2.12. The number of methoxy groups -OCH3 is 1. The molecule has 23 heavy (non-hydrogen) atoms. The van der Waals surface area contributed by atoms with Crippen LogP contribution >= 0.6 is 0 Å². The lowest BCUT2D eigenvalue weighted by Crippen LogP contribution is -1.99. The Morgan fingerprint density at radius 2 is 1.83 bits per heavy atom. The van der Waals surface area contributed by atoms with E-state index in [-0.39, 0.29) is 0 Å². The summed E-state index contributed by atoms with van der Waals surface area (Å²) in [7, 11) is 1.63. The normalized spacial score (nSPS) is 10.1. The molecule has 0 spiro atoms. The molecule has 4 nitrogen and oxygen atoms in total. The van der Waals surface area contributed by atoms with Gasteiger partial charge < -0.3 is 14.8 Å². The van der Waals surface area contributed by atoms with Gasteiger partial charge in [-0.2, -0.15) is 0 Å². The second-order valence-electron chi connectivity index (χ2n) is 5.00. The average Bonchev–Trinajstić information content (AvgIpc) is 2.62. The van der Waals surface area contributed by atoms with Gasteiger partial charge in [0, 0.05) is 30.7 Å². The number of ether oxygens (including phenoxy) is 2. The summed E-state index contributed by atoms with van der Waals surface area (Å²) in [5, 5.41) is 3.36. The van der Waals surface area contributed by atoms with Crippen molar-refractivity contribution in [2.24, 2.45) is 0 Å². The van der Waals surface area contributed by atoms with Crippen LogP contribution in [-0.4, -0.2) is 12.1 Å². The number of anilines is 1. The van der Waals surface area contributed by atoms with Gasteiger partial charge >= 0.3 is 0 Å². The third kappa shape index (κ3) is 4.01. The summed E-state index contributed by atoms with van der Waals surface area (Å²) in [6.45, 7) is 0.714. The molecule has 0 unspecified atom stereocenters. The SMILES string of the molecule is COc1ccccc1Oc1cccc(NCc2cccnc2)c1. The highest BCUT2D eigenvalue weighted by atomic mass is 16.5. The van der Waals surface area contributed by atoms with Crippen molar-refractivity contribution in [3.05, 3.63) is 78.6 Å². The smallest absolute Gasteiger partial charge is 0.169 e. The van der Waals surface area contributed by atoms with E-state index in [2.05, 4.69) is 10.3 Å². The summed E-state index contributed by atoms with van der Waals surface area (Å²) in [4.78, 5) is 4.11. The van der Waals surface area contributed by atoms with E-state index in [0.717, 1.165) is 17.0 Å². The van der Waals surface area contributed by atoms with E-state index in [1.807, 2.05) is 66.9 Å². The largest absolute Gasteiger partial charge is 0.493 e. The lowest BCUT2D eigenvalue weighted by atomic mass is 10.2. The van der Waals surface area contributed by atoms with E-state index in [9.17, 15) is 0 Å². The molecule has 0 bridgehead atoms. The third-order valence-corrected chi connectivity index (χ3v) is 3.35. The number of rotatable bonds is 6. The van der Waals surface area contributed by atoms with Crippen molar-refractivity contribution in [1.29, 1.82) is 0 Å². The highest BCUT2D eigenvalue weighted by Crippen LogP contribution is 2.31. The molecule has 1 heterocycles. The first kappa shape index (κ1) is 14.9. The molecule has 0 aliphatic heterocycles. The van der Waals surface area contributed by atoms with Crippen LogP contribution in [-0.2, 0) is 6.54 Å². The fourth-order valence-corrected chi connectivity index (χ4v) is 2.21. The second kappa shape index (κ2) is 7.31. The Balaban J connectivity index is 1.70. The number of benzene rings is 2. The molecule has 0 aliphatic carbocycles. The van der Waals surface area contributed by atoms with Crippen LogP contribution in [0.5, 0.6) is 17.2 Å². The molecule has 0 aliphatic rings. The highest BCUT2D eigenvalue weighted by molar-refractivity contribution is 5.50. The summed E-state index contributed by atoms with van der Waals surface area (Å²) >= 11 is 0. The van der Waals surface area contributed by atoms with Crippen LogP contribution in [0.25, 0.3) is 0 Å². The van der Waals surface area contributed by atoms with Crippen LogP contribution < -0.4 is 14.8 Å². The lowest BCUT2D eigenvalue weighted by molar-refractivity contribution is 0.379. The highest BCUT2D eigenvalue weighted by Gasteiger charge is 2.05. The van der Waals surface area contributed by atoms with E-state index in [1.54, 1.807) is 13.3 Å². The van der Waals surface area contributed by atoms with Crippen molar-refractivity contribution in [3.8, 4) is 17.2 Å². The molecular weight excluding hydrogens is 288 g/mol. The molecule has 0 saturated heterocycles. The van der Waals surface area contributed by atoms with Crippen molar-refractivity contribution in [3.63, 3.8) is 0 Å². The molecule has 4 heteroatoms. The van der Waals surface area contributed by atoms with Gasteiger partial charge in [0.25, 0.3) is 0 Å². The molecule has 2 aromatic carbocycles. The molecule has 0 fully saturated rings. The summed E-state index contributed by atoms with van der Waals surface area (Å²) in [6, 6.07) is 19.4. The monoisotopic (exact) mass is 306 g/mol. The summed E-state index contributed by atoms with van der Waals surface area (Å²) in [5.41, 5.74) is 2.12. The molecule has 3 rings (SSSR count). The first-order valence-corrected chi connectivity index (χ1v) is 7.39. The molecular formula is C19H18N2O2. The van der Waals surface area contributed by atoms with Gasteiger partial charge in [0.05, 0.1) is 7.11 Å².